The fourth-order valence-corrected chi connectivity index (χ4v) is 3.11. The molecule has 1 fully saturated rings. The van der Waals surface area contributed by atoms with Crippen molar-refractivity contribution in [1.82, 2.24) is 9.97 Å². The van der Waals surface area contributed by atoms with E-state index in [0.717, 1.165) is 22.9 Å². The number of benzene rings is 1. The second-order valence-electron chi connectivity index (χ2n) is 5.51. The molecule has 1 heterocycles. The first kappa shape index (κ1) is 13.3. The summed E-state index contributed by atoms with van der Waals surface area (Å²) in [5.74, 6) is 0.744. The highest BCUT2D eigenvalue weighted by Gasteiger charge is 2.15. The molecule has 3 nitrogen and oxygen atoms in total. The Bertz CT molecular complexity index is 557. The van der Waals surface area contributed by atoms with Gasteiger partial charge in [0, 0.05) is 24.5 Å². The molecule has 1 aliphatic rings. The molecule has 20 heavy (non-hydrogen) atoms. The molecule has 2 N–H and O–H groups in total. The molecule has 1 saturated carbocycles. The van der Waals surface area contributed by atoms with Gasteiger partial charge >= 0.3 is 0 Å². The average Bonchev–Trinajstić information content (AvgIpc) is 2.56. The van der Waals surface area contributed by atoms with Gasteiger partial charge < -0.3 is 5.73 Å². The van der Waals surface area contributed by atoms with Crippen LogP contribution in [-0.2, 0) is 6.54 Å². The zero-order valence-electron chi connectivity index (χ0n) is 11.8. The van der Waals surface area contributed by atoms with E-state index < -0.39 is 0 Å². The van der Waals surface area contributed by atoms with Crippen LogP contribution < -0.4 is 5.73 Å². The zero-order chi connectivity index (χ0) is 13.8. The average molecular weight is 267 g/mol. The molecule has 0 saturated heterocycles. The minimum atomic E-state index is 0.424. The molecule has 2 aromatic rings. The van der Waals surface area contributed by atoms with Crippen LogP contribution in [0, 0.1) is 0 Å². The SMILES string of the molecule is NCc1nccnc1-c1ccc(C2CCCCC2)cc1. The van der Waals surface area contributed by atoms with Gasteiger partial charge in [-0.3, -0.25) is 9.97 Å². The minimum absolute atomic E-state index is 0.424. The van der Waals surface area contributed by atoms with Gasteiger partial charge in [-0.2, -0.15) is 0 Å². The molecular weight excluding hydrogens is 246 g/mol. The van der Waals surface area contributed by atoms with Gasteiger partial charge in [0.25, 0.3) is 0 Å². The van der Waals surface area contributed by atoms with Crippen molar-refractivity contribution in [2.24, 2.45) is 5.73 Å². The van der Waals surface area contributed by atoms with Crippen LogP contribution in [0.5, 0.6) is 0 Å². The number of aromatic nitrogens is 2. The van der Waals surface area contributed by atoms with Crippen LogP contribution in [0.4, 0.5) is 0 Å². The third-order valence-electron chi connectivity index (χ3n) is 4.23. The molecule has 0 radical (unpaired) electrons. The fourth-order valence-electron chi connectivity index (χ4n) is 3.11. The first-order valence-electron chi connectivity index (χ1n) is 7.49. The Morgan fingerprint density at radius 1 is 0.950 bits per heavy atom. The van der Waals surface area contributed by atoms with Crippen molar-refractivity contribution in [3.05, 3.63) is 47.9 Å². The van der Waals surface area contributed by atoms with E-state index in [2.05, 4.69) is 34.2 Å². The van der Waals surface area contributed by atoms with Crippen LogP contribution in [-0.4, -0.2) is 9.97 Å². The quantitative estimate of drug-likeness (QED) is 0.923. The van der Waals surface area contributed by atoms with Crippen molar-refractivity contribution in [1.29, 1.82) is 0 Å². The zero-order valence-corrected chi connectivity index (χ0v) is 11.8. The summed E-state index contributed by atoms with van der Waals surface area (Å²) in [5.41, 5.74) is 10.1. The Morgan fingerprint density at radius 3 is 2.35 bits per heavy atom. The van der Waals surface area contributed by atoms with Gasteiger partial charge in [-0.05, 0) is 24.3 Å². The van der Waals surface area contributed by atoms with Crippen molar-refractivity contribution < 1.29 is 0 Å². The van der Waals surface area contributed by atoms with E-state index in [9.17, 15) is 0 Å². The lowest BCUT2D eigenvalue weighted by atomic mass is 9.84. The van der Waals surface area contributed by atoms with Gasteiger partial charge in [0.15, 0.2) is 0 Å². The number of hydrogen-bond acceptors (Lipinski definition) is 3. The van der Waals surface area contributed by atoms with E-state index in [1.165, 1.54) is 37.7 Å². The highest BCUT2D eigenvalue weighted by atomic mass is 14.8. The van der Waals surface area contributed by atoms with Crippen LogP contribution in [0.3, 0.4) is 0 Å². The second kappa shape index (κ2) is 6.14. The molecule has 1 aliphatic carbocycles. The molecule has 3 rings (SSSR count). The topological polar surface area (TPSA) is 51.8 Å². The fraction of sp³-hybridized carbons (Fsp3) is 0.412. The molecule has 3 heteroatoms. The summed E-state index contributed by atoms with van der Waals surface area (Å²) < 4.78 is 0. The lowest BCUT2D eigenvalue weighted by molar-refractivity contribution is 0.443. The molecule has 0 atom stereocenters. The van der Waals surface area contributed by atoms with Gasteiger partial charge in [-0.25, -0.2) is 0 Å². The lowest BCUT2D eigenvalue weighted by Gasteiger charge is -2.22. The number of nitrogens with zero attached hydrogens (tertiary/aromatic N) is 2. The van der Waals surface area contributed by atoms with Gasteiger partial charge in [-0.15, -0.1) is 0 Å². The lowest BCUT2D eigenvalue weighted by Crippen LogP contribution is -2.05. The predicted molar refractivity (Wildman–Crippen MR) is 81.2 cm³/mol. The van der Waals surface area contributed by atoms with Gasteiger partial charge in [0.05, 0.1) is 11.4 Å². The summed E-state index contributed by atoms with van der Waals surface area (Å²) in [4.78, 5) is 8.72. The summed E-state index contributed by atoms with van der Waals surface area (Å²) in [7, 11) is 0. The van der Waals surface area contributed by atoms with Gasteiger partial charge in [-0.1, -0.05) is 43.5 Å². The largest absolute Gasteiger partial charge is 0.325 e. The second-order valence-corrected chi connectivity index (χ2v) is 5.51. The van der Waals surface area contributed by atoms with E-state index in [1.807, 2.05) is 0 Å². The van der Waals surface area contributed by atoms with Gasteiger partial charge in [0.1, 0.15) is 0 Å². The molecular formula is C17H21N3. The van der Waals surface area contributed by atoms with E-state index in [-0.39, 0.29) is 0 Å². The van der Waals surface area contributed by atoms with Crippen LogP contribution in [0.25, 0.3) is 11.3 Å². The standard InChI is InChI=1S/C17H21N3/c18-12-16-17(20-11-10-19-16)15-8-6-14(7-9-15)13-4-2-1-3-5-13/h6-11,13H,1-5,12,18H2. The van der Waals surface area contributed by atoms with Crippen molar-refractivity contribution >= 4 is 0 Å². The van der Waals surface area contributed by atoms with E-state index in [4.69, 9.17) is 5.73 Å². The van der Waals surface area contributed by atoms with Crippen molar-refractivity contribution in [3.63, 3.8) is 0 Å². The Labute approximate surface area is 120 Å². The van der Waals surface area contributed by atoms with Crippen molar-refractivity contribution in [3.8, 4) is 11.3 Å². The van der Waals surface area contributed by atoms with Crippen LogP contribution in [0.2, 0.25) is 0 Å². The van der Waals surface area contributed by atoms with Crippen molar-refractivity contribution in [2.45, 2.75) is 44.6 Å². The van der Waals surface area contributed by atoms with Gasteiger partial charge in [0.2, 0.25) is 0 Å². The molecule has 1 aromatic carbocycles. The predicted octanol–water partition coefficient (Wildman–Crippen LogP) is 3.65. The monoisotopic (exact) mass is 267 g/mol. The van der Waals surface area contributed by atoms with Crippen LogP contribution >= 0.6 is 0 Å². The molecule has 0 aliphatic heterocycles. The minimum Gasteiger partial charge on any atom is -0.325 e. The molecule has 0 unspecified atom stereocenters. The maximum atomic E-state index is 5.73. The highest BCUT2D eigenvalue weighted by molar-refractivity contribution is 5.61. The summed E-state index contributed by atoms with van der Waals surface area (Å²) in [6, 6.07) is 8.82. The summed E-state index contributed by atoms with van der Waals surface area (Å²) in [5, 5.41) is 0. The molecule has 0 amide bonds. The Hall–Kier alpha value is -1.74. The summed E-state index contributed by atoms with van der Waals surface area (Å²) >= 11 is 0. The maximum Gasteiger partial charge on any atom is 0.0930 e. The van der Waals surface area contributed by atoms with Crippen molar-refractivity contribution in [2.75, 3.05) is 0 Å². The third-order valence-corrected chi connectivity index (χ3v) is 4.23. The highest BCUT2D eigenvalue weighted by Crippen LogP contribution is 2.33. The first-order valence-corrected chi connectivity index (χ1v) is 7.49. The Kier molecular flexibility index (Phi) is 4.07. The number of hydrogen-bond donors (Lipinski definition) is 1. The molecule has 0 bridgehead atoms. The number of nitrogens with two attached hydrogens (primary N) is 1. The summed E-state index contributed by atoms with van der Waals surface area (Å²) in [6.07, 6.45) is 10.2. The maximum absolute atomic E-state index is 5.73. The summed E-state index contributed by atoms with van der Waals surface area (Å²) in [6.45, 7) is 0.424. The van der Waals surface area contributed by atoms with Crippen LogP contribution in [0.1, 0.15) is 49.3 Å². The molecule has 0 spiro atoms. The first-order chi connectivity index (χ1) is 9.88. The van der Waals surface area contributed by atoms with E-state index in [1.54, 1.807) is 12.4 Å². The number of rotatable bonds is 3. The normalized spacial score (nSPS) is 16.2. The molecule has 1 aromatic heterocycles. The smallest absolute Gasteiger partial charge is 0.0930 e. The van der Waals surface area contributed by atoms with E-state index >= 15 is 0 Å². The Balaban J connectivity index is 1.85. The molecule has 104 valence electrons. The van der Waals surface area contributed by atoms with Crippen LogP contribution in [0.15, 0.2) is 36.7 Å². The third kappa shape index (κ3) is 2.73. The Morgan fingerprint density at radius 2 is 1.65 bits per heavy atom. The van der Waals surface area contributed by atoms with E-state index in [0.29, 0.717) is 6.54 Å².